The molecule has 0 spiro atoms. The van der Waals surface area contributed by atoms with Crippen LogP contribution in [0.3, 0.4) is 0 Å². The van der Waals surface area contributed by atoms with Gasteiger partial charge >= 0.3 is 0 Å². The van der Waals surface area contributed by atoms with Crippen LogP contribution in [0.5, 0.6) is 11.5 Å². The molecule has 1 N–H and O–H groups in total. The van der Waals surface area contributed by atoms with Crippen molar-refractivity contribution in [1.82, 2.24) is 19.8 Å². The largest absolute Gasteiger partial charge is 0.497 e. The average molecular weight is 399 g/mol. The molecule has 0 bridgehead atoms. The van der Waals surface area contributed by atoms with Crippen molar-refractivity contribution in [3.8, 4) is 11.5 Å². The minimum absolute atomic E-state index is 0.0301. The summed E-state index contributed by atoms with van der Waals surface area (Å²) in [6, 6.07) is 8.98. The third kappa shape index (κ3) is 5.56. The number of rotatable bonds is 7. The first-order valence-corrected chi connectivity index (χ1v) is 9.44. The summed E-state index contributed by atoms with van der Waals surface area (Å²) < 4.78 is 10.8. The molecule has 2 aromatic rings. The highest BCUT2D eigenvalue weighted by atomic mass is 16.5. The monoisotopic (exact) mass is 399 g/mol. The number of hydrogen-bond acceptors (Lipinski definition) is 7. The Morgan fingerprint density at radius 3 is 2.34 bits per heavy atom. The van der Waals surface area contributed by atoms with E-state index in [1.807, 2.05) is 24.3 Å². The number of piperazine rings is 1. The molecule has 0 unspecified atom stereocenters. The summed E-state index contributed by atoms with van der Waals surface area (Å²) >= 11 is 0. The van der Waals surface area contributed by atoms with Crippen LogP contribution in [0.1, 0.15) is 17.4 Å². The van der Waals surface area contributed by atoms with Gasteiger partial charge in [0.1, 0.15) is 35.9 Å². The lowest BCUT2D eigenvalue weighted by Crippen LogP contribution is -2.50. The lowest BCUT2D eigenvalue weighted by Gasteiger charge is -2.34. The Labute approximate surface area is 169 Å². The third-order valence-corrected chi connectivity index (χ3v) is 4.63. The summed E-state index contributed by atoms with van der Waals surface area (Å²) in [5, 5.41) is 3.13. The molecule has 0 saturated carbocycles. The number of aromatic nitrogens is 2. The highest BCUT2D eigenvalue weighted by molar-refractivity contribution is 5.93. The van der Waals surface area contributed by atoms with Crippen LogP contribution in [-0.2, 0) is 4.79 Å². The van der Waals surface area contributed by atoms with Crippen LogP contribution < -0.4 is 14.8 Å². The molecule has 29 heavy (non-hydrogen) atoms. The van der Waals surface area contributed by atoms with Crippen LogP contribution in [0.2, 0.25) is 0 Å². The number of nitrogens with one attached hydrogen (secondary N) is 1. The van der Waals surface area contributed by atoms with Gasteiger partial charge in [-0.3, -0.25) is 9.59 Å². The van der Waals surface area contributed by atoms with Gasteiger partial charge in [-0.25, -0.2) is 9.97 Å². The molecule has 0 aliphatic carbocycles. The van der Waals surface area contributed by atoms with Crippen molar-refractivity contribution in [2.45, 2.75) is 6.92 Å². The Kier molecular flexibility index (Phi) is 6.83. The maximum Gasteiger partial charge on any atom is 0.272 e. The lowest BCUT2D eigenvalue weighted by atomic mass is 10.2. The zero-order valence-electron chi connectivity index (χ0n) is 16.6. The highest BCUT2D eigenvalue weighted by Gasteiger charge is 2.24. The topological polar surface area (TPSA) is 96.9 Å². The Bertz CT molecular complexity index is 835. The summed E-state index contributed by atoms with van der Waals surface area (Å²) in [6.45, 7) is 4.58. The standard InChI is InChI=1S/C20H25N5O4/c1-15(26)24-8-10-25(11-9-24)20(27)18-13-19(23-14-22-18)21-7-12-29-17-5-3-16(28-2)4-6-17/h3-6,13-14H,7-12H2,1-2H3,(H,21,22,23). The van der Waals surface area contributed by atoms with Crippen molar-refractivity contribution >= 4 is 17.6 Å². The van der Waals surface area contributed by atoms with E-state index in [1.165, 1.54) is 13.3 Å². The van der Waals surface area contributed by atoms with Crippen molar-refractivity contribution in [2.75, 3.05) is 51.8 Å². The van der Waals surface area contributed by atoms with Gasteiger partial charge < -0.3 is 24.6 Å². The number of nitrogens with zero attached hydrogens (tertiary/aromatic N) is 4. The SMILES string of the molecule is COc1ccc(OCCNc2cc(C(=O)N3CCN(C(C)=O)CC3)ncn2)cc1. The second-order valence-corrected chi connectivity index (χ2v) is 6.54. The van der Waals surface area contributed by atoms with E-state index in [2.05, 4.69) is 15.3 Å². The van der Waals surface area contributed by atoms with Gasteiger partial charge in [-0.1, -0.05) is 0 Å². The molecule has 1 saturated heterocycles. The van der Waals surface area contributed by atoms with E-state index in [4.69, 9.17) is 9.47 Å². The van der Waals surface area contributed by atoms with Crippen LogP contribution in [0.4, 0.5) is 5.82 Å². The van der Waals surface area contributed by atoms with Crippen LogP contribution in [-0.4, -0.2) is 78.0 Å². The number of methoxy groups -OCH3 is 1. The molecule has 1 aliphatic heterocycles. The minimum atomic E-state index is -0.159. The zero-order valence-corrected chi connectivity index (χ0v) is 16.6. The molecule has 0 atom stereocenters. The molecule has 1 fully saturated rings. The molecule has 9 heteroatoms. The van der Waals surface area contributed by atoms with E-state index in [9.17, 15) is 9.59 Å². The number of hydrogen-bond donors (Lipinski definition) is 1. The maximum absolute atomic E-state index is 12.7. The number of carbonyl (C=O) groups is 2. The van der Waals surface area contributed by atoms with Gasteiger partial charge in [0.05, 0.1) is 13.7 Å². The summed E-state index contributed by atoms with van der Waals surface area (Å²) in [6.07, 6.45) is 1.37. The molecular weight excluding hydrogens is 374 g/mol. The number of anilines is 1. The Morgan fingerprint density at radius 1 is 1.03 bits per heavy atom. The molecule has 3 rings (SSSR count). The van der Waals surface area contributed by atoms with Gasteiger partial charge in [0.15, 0.2) is 0 Å². The number of ether oxygens (including phenoxy) is 2. The fraction of sp³-hybridized carbons (Fsp3) is 0.400. The normalized spacial score (nSPS) is 13.7. The molecule has 2 heterocycles. The number of carbonyl (C=O) groups excluding carboxylic acids is 2. The Morgan fingerprint density at radius 2 is 1.69 bits per heavy atom. The van der Waals surface area contributed by atoms with Crippen molar-refractivity contribution in [3.05, 3.63) is 42.4 Å². The van der Waals surface area contributed by atoms with E-state index in [1.54, 1.807) is 23.0 Å². The third-order valence-electron chi connectivity index (χ3n) is 4.63. The van der Waals surface area contributed by atoms with Gasteiger partial charge in [0, 0.05) is 39.2 Å². The second-order valence-electron chi connectivity index (χ2n) is 6.54. The zero-order chi connectivity index (χ0) is 20.6. The number of amides is 2. The highest BCUT2D eigenvalue weighted by Crippen LogP contribution is 2.17. The molecule has 0 radical (unpaired) electrons. The Balaban J connectivity index is 1.47. The molecule has 1 aliphatic rings. The maximum atomic E-state index is 12.7. The van der Waals surface area contributed by atoms with Gasteiger partial charge in [0.25, 0.3) is 5.91 Å². The first-order chi connectivity index (χ1) is 14.1. The van der Waals surface area contributed by atoms with E-state index in [0.717, 1.165) is 11.5 Å². The summed E-state index contributed by atoms with van der Waals surface area (Å²) in [7, 11) is 1.62. The quantitative estimate of drug-likeness (QED) is 0.701. The van der Waals surface area contributed by atoms with E-state index in [-0.39, 0.29) is 11.8 Å². The average Bonchev–Trinajstić information content (AvgIpc) is 2.77. The van der Waals surface area contributed by atoms with Crippen molar-refractivity contribution in [3.63, 3.8) is 0 Å². The molecular formula is C20H25N5O4. The van der Waals surface area contributed by atoms with Crippen LogP contribution in [0, 0.1) is 0 Å². The van der Waals surface area contributed by atoms with E-state index >= 15 is 0 Å². The van der Waals surface area contributed by atoms with Crippen molar-refractivity contribution in [1.29, 1.82) is 0 Å². The summed E-state index contributed by atoms with van der Waals surface area (Å²) in [5.74, 6) is 1.95. The molecule has 1 aromatic heterocycles. The smallest absolute Gasteiger partial charge is 0.272 e. The fourth-order valence-electron chi connectivity index (χ4n) is 2.98. The van der Waals surface area contributed by atoms with Crippen LogP contribution in [0.25, 0.3) is 0 Å². The summed E-state index contributed by atoms with van der Waals surface area (Å²) in [5.41, 5.74) is 0.329. The Hall–Kier alpha value is -3.36. The first kappa shape index (κ1) is 20.4. The van der Waals surface area contributed by atoms with Crippen molar-refractivity contribution in [2.24, 2.45) is 0 Å². The van der Waals surface area contributed by atoms with E-state index in [0.29, 0.717) is 50.8 Å². The molecule has 2 amide bonds. The molecule has 9 nitrogen and oxygen atoms in total. The minimum Gasteiger partial charge on any atom is -0.497 e. The molecule has 1 aromatic carbocycles. The van der Waals surface area contributed by atoms with Gasteiger partial charge in [0.2, 0.25) is 5.91 Å². The predicted octanol–water partition coefficient (Wildman–Crippen LogP) is 1.28. The fourth-order valence-corrected chi connectivity index (χ4v) is 2.98. The van der Waals surface area contributed by atoms with Gasteiger partial charge in [-0.2, -0.15) is 0 Å². The lowest BCUT2D eigenvalue weighted by molar-refractivity contribution is -0.130. The second kappa shape index (κ2) is 9.72. The van der Waals surface area contributed by atoms with Crippen LogP contribution in [0.15, 0.2) is 36.7 Å². The van der Waals surface area contributed by atoms with Gasteiger partial charge in [-0.15, -0.1) is 0 Å². The van der Waals surface area contributed by atoms with E-state index < -0.39 is 0 Å². The van der Waals surface area contributed by atoms with Gasteiger partial charge in [-0.05, 0) is 24.3 Å². The molecule has 154 valence electrons. The first-order valence-electron chi connectivity index (χ1n) is 9.44. The predicted molar refractivity (Wildman–Crippen MR) is 107 cm³/mol. The number of benzene rings is 1. The summed E-state index contributed by atoms with van der Waals surface area (Å²) in [4.78, 5) is 35.8. The van der Waals surface area contributed by atoms with Crippen molar-refractivity contribution < 1.29 is 19.1 Å². The van der Waals surface area contributed by atoms with Crippen LogP contribution >= 0.6 is 0 Å².